The number of carbonyl (C=O) groups is 1. The van der Waals surface area contributed by atoms with Crippen LogP contribution in [0.5, 0.6) is 5.75 Å². The topological polar surface area (TPSA) is 26.3 Å². The molecule has 0 aliphatic heterocycles. The summed E-state index contributed by atoms with van der Waals surface area (Å²) in [6.45, 7) is 0.762. The zero-order valence-corrected chi connectivity index (χ0v) is 10.2. The molecular formula is C8H3F5NaO2. The molecule has 0 aliphatic rings. The van der Waals surface area contributed by atoms with E-state index in [0.29, 0.717) is 0 Å². The van der Waals surface area contributed by atoms with Crippen molar-refractivity contribution in [1.82, 2.24) is 0 Å². The van der Waals surface area contributed by atoms with E-state index >= 15 is 0 Å². The van der Waals surface area contributed by atoms with Gasteiger partial charge in [0.25, 0.3) is 0 Å². The van der Waals surface area contributed by atoms with Crippen molar-refractivity contribution in [2.75, 3.05) is 0 Å². The molecule has 0 aliphatic carbocycles. The zero-order valence-electron chi connectivity index (χ0n) is 8.21. The monoisotopic (exact) mass is 249 g/mol. The summed E-state index contributed by atoms with van der Waals surface area (Å²) in [5, 5.41) is 0. The average molecular weight is 249 g/mol. The van der Waals surface area contributed by atoms with Crippen LogP contribution in [0.2, 0.25) is 0 Å². The van der Waals surface area contributed by atoms with Crippen molar-refractivity contribution < 1.29 is 31.5 Å². The minimum Gasteiger partial charge on any atom is -0.420 e. The molecule has 0 spiro atoms. The zero-order chi connectivity index (χ0) is 11.7. The molecule has 0 saturated carbocycles. The number of halogens is 5. The molecule has 0 unspecified atom stereocenters. The fourth-order valence-corrected chi connectivity index (χ4v) is 0.818. The van der Waals surface area contributed by atoms with Crippen LogP contribution in [0.15, 0.2) is 0 Å². The summed E-state index contributed by atoms with van der Waals surface area (Å²) in [5.74, 6) is -13.8. The molecule has 83 valence electrons. The number of hydrogen-bond acceptors (Lipinski definition) is 2. The van der Waals surface area contributed by atoms with Gasteiger partial charge in [-0.1, -0.05) is 0 Å². The van der Waals surface area contributed by atoms with Gasteiger partial charge < -0.3 is 4.74 Å². The first-order valence-electron chi connectivity index (χ1n) is 3.56. The van der Waals surface area contributed by atoms with Crippen LogP contribution in [0, 0.1) is 29.1 Å². The summed E-state index contributed by atoms with van der Waals surface area (Å²) in [7, 11) is 0. The van der Waals surface area contributed by atoms with Crippen LogP contribution < -0.4 is 4.74 Å². The second-order valence-corrected chi connectivity index (χ2v) is 2.49. The third-order valence-electron chi connectivity index (χ3n) is 1.42. The Morgan fingerprint density at radius 3 is 1.50 bits per heavy atom. The molecule has 0 aromatic heterocycles. The van der Waals surface area contributed by atoms with Gasteiger partial charge in [0.1, 0.15) is 0 Å². The van der Waals surface area contributed by atoms with Crippen LogP contribution in [0.3, 0.4) is 0 Å². The quantitative estimate of drug-likeness (QED) is 0.190. The van der Waals surface area contributed by atoms with Crippen molar-refractivity contribution in [3.63, 3.8) is 0 Å². The van der Waals surface area contributed by atoms with Crippen LogP contribution in [-0.2, 0) is 4.79 Å². The molecule has 16 heavy (non-hydrogen) atoms. The van der Waals surface area contributed by atoms with Crippen molar-refractivity contribution in [1.29, 1.82) is 0 Å². The molecule has 0 atom stereocenters. The van der Waals surface area contributed by atoms with Gasteiger partial charge in [0, 0.05) is 36.5 Å². The van der Waals surface area contributed by atoms with Crippen LogP contribution in [0.1, 0.15) is 6.92 Å². The Bertz CT molecular complexity index is 406. The number of rotatable bonds is 1. The molecular weight excluding hydrogens is 246 g/mol. The molecule has 1 aromatic rings. The molecule has 1 rings (SSSR count). The Kier molecular flexibility index (Phi) is 5.37. The van der Waals surface area contributed by atoms with Gasteiger partial charge in [0.05, 0.1) is 0 Å². The molecule has 0 saturated heterocycles. The Morgan fingerprint density at radius 1 is 0.875 bits per heavy atom. The van der Waals surface area contributed by atoms with E-state index in [9.17, 15) is 26.7 Å². The smallest absolute Gasteiger partial charge is 0.308 e. The number of carbonyl (C=O) groups excluding carboxylic acids is 1. The third-order valence-corrected chi connectivity index (χ3v) is 1.42. The first-order valence-corrected chi connectivity index (χ1v) is 3.56. The number of hydrogen-bond donors (Lipinski definition) is 0. The van der Waals surface area contributed by atoms with E-state index in [-0.39, 0.29) is 29.6 Å². The minimum absolute atomic E-state index is 0. The van der Waals surface area contributed by atoms with Crippen LogP contribution in [0.25, 0.3) is 0 Å². The van der Waals surface area contributed by atoms with Crippen molar-refractivity contribution in [3.8, 4) is 5.75 Å². The summed E-state index contributed by atoms with van der Waals surface area (Å²) in [4.78, 5) is 10.3. The van der Waals surface area contributed by atoms with Gasteiger partial charge in [0.15, 0.2) is 0 Å². The maximum Gasteiger partial charge on any atom is 0.308 e. The largest absolute Gasteiger partial charge is 0.420 e. The molecule has 0 N–H and O–H groups in total. The third kappa shape index (κ3) is 2.72. The van der Waals surface area contributed by atoms with Crippen molar-refractivity contribution in [3.05, 3.63) is 29.1 Å². The van der Waals surface area contributed by atoms with Gasteiger partial charge in [-0.15, -0.1) is 0 Å². The molecule has 0 fully saturated rings. The van der Waals surface area contributed by atoms with Crippen molar-refractivity contribution in [2.24, 2.45) is 0 Å². The fourth-order valence-electron chi connectivity index (χ4n) is 0.818. The van der Waals surface area contributed by atoms with Gasteiger partial charge in [-0.3, -0.25) is 4.79 Å². The SMILES string of the molecule is CC(=O)Oc1c(F)c(F)c(F)c(F)c1F.[Na]. The second-order valence-electron chi connectivity index (χ2n) is 2.49. The molecule has 8 heteroatoms. The van der Waals surface area contributed by atoms with E-state index in [0.717, 1.165) is 6.92 Å². The summed E-state index contributed by atoms with van der Waals surface area (Å²) in [6.07, 6.45) is 0. The maximum atomic E-state index is 12.8. The van der Waals surface area contributed by atoms with Gasteiger partial charge in [0.2, 0.25) is 34.8 Å². The second kappa shape index (κ2) is 5.60. The summed E-state index contributed by atoms with van der Waals surface area (Å²) in [6, 6.07) is 0. The Labute approximate surface area is 109 Å². The molecule has 1 radical (unpaired) electrons. The normalized spacial score (nSPS) is 9.62. The predicted molar refractivity (Wildman–Crippen MR) is 43.3 cm³/mol. The molecule has 0 bridgehead atoms. The summed E-state index contributed by atoms with van der Waals surface area (Å²) in [5.41, 5.74) is 0. The van der Waals surface area contributed by atoms with Crippen molar-refractivity contribution >= 4 is 35.5 Å². The maximum absolute atomic E-state index is 12.8. The van der Waals surface area contributed by atoms with Gasteiger partial charge >= 0.3 is 5.97 Å². The summed E-state index contributed by atoms with van der Waals surface area (Å²) >= 11 is 0. The van der Waals surface area contributed by atoms with Crippen LogP contribution >= 0.6 is 0 Å². The van der Waals surface area contributed by atoms with E-state index in [1.807, 2.05) is 0 Å². The summed E-state index contributed by atoms with van der Waals surface area (Å²) < 4.78 is 66.9. The van der Waals surface area contributed by atoms with Gasteiger partial charge in [-0.05, 0) is 0 Å². The van der Waals surface area contributed by atoms with E-state index in [1.54, 1.807) is 0 Å². The number of benzene rings is 1. The first kappa shape index (κ1) is 15.3. The van der Waals surface area contributed by atoms with E-state index in [4.69, 9.17) is 0 Å². The molecule has 2 nitrogen and oxygen atoms in total. The average Bonchev–Trinajstić information content (AvgIpc) is 2.18. The molecule has 1 aromatic carbocycles. The number of esters is 1. The van der Waals surface area contributed by atoms with Crippen LogP contribution in [0.4, 0.5) is 22.0 Å². The fraction of sp³-hybridized carbons (Fsp3) is 0.125. The number of ether oxygens (including phenoxy) is 1. The first-order chi connectivity index (χ1) is 6.86. The van der Waals surface area contributed by atoms with E-state index in [1.165, 1.54) is 0 Å². The van der Waals surface area contributed by atoms with Gasteiger partial charge in [-0.25, -0.2) is 13.2 Å². The Morgan fingerprint density at radius 2 is 1.19 bits per heavy atom. The molecule has 0 heterocycles. The Hall–Kier alpha value is -0.660. The van der Waals surface area contributed by atoms with E-state index in [2.05, 4.69) is 4.74 Å². The minimum atomic E-state index is -2.30. The van der Waals surface area contributed by atoms with Crippen molar-refractivity contribution in [2.45, 2.75) is 6.92 Å². The standard InChI is InChI=1S/C8H3F5O2.Na/c1-2(14)15-8-6(12)4(10)3(9)5(11)7(8)13;/h1H3;. The Balaban J connectivity index is 0.00000225. The van der Waals surface area contributed by atoms with Gasteiger partial charge in [-0.2, -0.15) is 8.78 Å². The predicted octanol–water partition coefficient (Wildman–Crippen LogP) is 1.93. The molecule has 0 amide bonds. The van der Waals surface area contributed by atoms with E-state index < -0.39 is 40.8 Å². The van der Waals surface area contributed by atoms with Crippen LogP contribution in [-0.4, -0.2) is 35.5 Å².